The molecule has 0 radical (unpaired) electrons. The summed E-state index contributed by atoms with van der Waals surface area (Å²) in [6, 6.07) is 5.73. The summed E-state index contributed by atoms with van der Waals surface area (Å²) < 4.78 is 27.6. The number of halogens is 1. The van der Waals surface area contributed by atoms with Crippen molar-refractivity contribution in [2.75, 3.05) is 20.6 Å². The Morgan fingerprint density at radius 3 is 2.71 bits per heavy atom. The Balaban J connectivity index is 1.90. The van der Waals surface area contributed by atoms with E-state index in [1.165, 1.54) is 18.4 Å². The average Bonchev–Trinajstić information content (AvgIpc) is 3.10. The molecule has 7 heteroatoms. The summed E-state index contributed by atoms with van der Waals surface area (Å²) in [5.74, 6) is 0. The highest BCUT2D eigenvalue weighted by Gasteiger charge is 2.46. The standard InChI is InChI=1S/C14H18ClN3O2S/c1-18(2)21(19,20)17-9-14(5-6-14)12-8-16-13-4-3-10(15)7-11(12)13/h3-4,7-8,16-17H,5-6,9H2,1-2H3. The number of benzene rings is 1. The third-order valence-electron chi connectivity index (χ3n) is 4.14. The highest BCUT2D eigenvalue weighted by Crippen LogP contribution is 2.50. The minimum atomic E-state index is -3.40. The molecular formula is C14H18ClN3O2S. The van der Waals surface area contributed by atoms with Crippen LogP contribution < -0.4 is 4.72 Å². The molecule has 1 aromatic heterocycles. The van der Waals surface area contributed by atoms with Crippen molar-refractivity contribution in [1.82, 2.24) is 14.0 Å². The summed E-state index contributed by atoms with van der Waals surface area (Å²) in [6.07, 6.45) is 3.92. The second-order valence-electron chi connectivity index (χ2n) is 5.78. The molecule has 0 unspecified atom stereocenters. The van der Waals surface area contributed by atoms with Crippen molar-refractivity contribution in [3.8, 4) is 0 Å². The third-order valence-corrected chi connectivity index (χ3v) is 5.85. The van der Waals surface area contributed by atoms with Gasteiger partial charge in [0.15, 0.2) is 0 Å². The Morgan fingerprint density at radius 1 is 1.38 bits per heavy atom. The van der Waals surface area contributed by atoms with Crippen LogP contribution in [0.1, 0.15) is 18.4 Å². The molecule has 114 valence electrons. The van der Waals surface area contributed by atoms with Crippen molar-refractivity contribution in [1.29, 1.82) is 0 Å². The van der Waals surface area contributed by atoms with Crippen LogP contribution in [0.4, 0.5) is 0 Å². The van der Waals surface area contributed by atoms with Crippen LogP contribution in [0, 0.1) is 0 Å². The van der Waals surface area contributed by atoms with Gasteiger partial charge in [-0.15, -0.1) is 0 Å². The van der Waals surface area contributed by atoms with E-state index >= 15 is 0 Å². The largest absolute Gasteiger partial charge is 0.361 e. The van der Waals surface area contributed by atoms with Crippen LogP contribution in [0.2, 0.25) is 5.02 Å². The maximum absolute atomic E-state index is 11.9. The zero-order chi connectivity index (χ0) is 15.3. The molecule has 3 rings (SSSR count). The minimum absolute atomic E-state index is 0.119. The normalized spacial score (nSPS) is 17.5. The molecule has 0 saturated heterocycles. The Morgan fingerprint density at radius 2 is 2.10 bits per heavy atom. The first-order chi connectivity index (χ1) is 9.84. The first kappa shape index (κ1) is 14.8. The molecule has 0 aliphatic heterocycles. The molecule has 21 heavy (non-hydrogen) atoms. The van der Waals surface area contributed by atoms with Crippen molar-refractivity contribution >= 4 is 32.7 Å². The van der Waals surface area contributed by atoms with E-state index in [1.54, 1.807) is 0 Å². The summed E-state index contributed by atoms with van der Waals surface area (Å²) in [5.41, 5.74) is 2.05. The van der Waals surface area contributed by atoms with Crippen molar-refractivity contribution in [2.24, 2.45) is 0 Å². The fourth-order valence-corrected chi connectivity index (χ4v) is 3.47. The fraction of sp³-hybridized carbons (Fsp3) is 0.429. The van der Waals surface area contributed by atoms with Gasteiger partial charge in [0.1, 0.15) is 0 Å². The summed E-state index contributed by atoms with van der Waals surface area (Å²) >= 11 is 6.08. The molecule has 1 fully saturated rings. The van der Waals surface area contributed by atoms with Gasteiger partial charge in [0, 0.05) is 48.2 Å². The van der Waals surface area contributed by atoms with E-state index in [9.17, 15) is 8.42 Å². The molecule has 1 saturated carbocycles. The second kappa shape index (κ2) is 4.98. The molecule has 0 atom stereocenters. The van der Waals surface area contributed by atoms with Crippen LogP contribution in [0.3, 0.4) is 0 Å². The summed E-state index contributed by atoms with van der Waals surface area (Å²) in [4.78, 5) is 3.24. The molecule has 1 aliphatic rings. The molecule has 2 aromatic rings. The van der Waals surface area contributed by atoms with Crippen LogP contribution in [0.15, 0.2) is 24.4 Å². The lowest BCUT2D eigenvalue weighted by Crippen LogP contribution is -2.39. The zero-order valence-electron chi connectivity index (χ0n) is 12.0. The Bertz CT molecular complexity index is 779. The number of hydrogen-bond acceptors (Lipinski definition) is 2. The van der Waals surface area contributed by atoms with Crippen LogP contribution in [0.25, 0.3) is 10.9 Å². The fourth-order valence-electron chi connectivity index (χ4n) is 2.58. The number of nitrogens with one attached hydrogen (secondary N) is 2. The summed E-state index contributed by atoms with van der Waals surface area (Å²) in [7, 11) is -0.354. The van der Waals surface area contributed by atoms with E-state index < -0.39 is 10.2 Å². The van der Waals surface area contributed by atoms with Crippen molar-refractivity contribution in [2.45, 2.75) is 18.3 Å². The topological polar surface area (TPSA) is 65.2 Å². The Kier molecular flexibility index (Phi) is 3.52. The number of aromatic amines is 1. The van der Waals surface area contributed by atoms with Gasteiger partial charge in [-0.1, -0.05) is 11.6 Å². The number of hydrogen-bond donors (Lipinski definition) is 2. The first-order valence-corrected chi connectivity index (χ1v) is 8.60. The average molecular weight is 328 g/mol. The molecule has 1 aliphatic carbocycles. The number of rotatable bonds is 5. The van der Waals surface area contributed by atoms with Gasteiger partial charge in [0.05, 0.1) is 0 Å². The Hall–Kier alpha value is -1.08. The van der Waals surface area contributed by atoms with Crippen LogP contribution in [-0.4, -0.2) is 38.3 Å². The lowest BCUT2D eigenvalue weighted by atomic mass is 9.96. The van der Waals surface area contributed by atoms with E-state index in [4.69, 9.17) is 11.6 Å². The van der Waals surface area contributed by atoms with Crippen LogP contribution >= 0.6 is 11.6 Å². The summed E-state index contributed by atoms with van der Waals surface area (Å²) in [5, 5.41) is 1.76. The van der Waals surface area contributed by atoms with Crippen molar-refractivity contribution < 1.29 is 8.42 Å². The van der Waals surface area contributed by atoms with Gasteiger partial charge >= 0.3 is 0 Å². The first-order valence-electron chi connectivity index (χ1n) is 6.78. The second-order valence-corrected chi connectivity index (χ2v) is 8.19. The van der Waals surface area contributed by atoms with Gasteiger partial charge in [-0.2, -0.15) is 12.7 Å². The van der Waals surface area contributed by atoms with E-state index in [-0.39, 0.29) is 5.41 Å². The van der Waals surface area contributed by atoms with Crippen molar-refractivity contribution in [3.05, 3.63) is 35.0 Å². The van der Waals surface area contributed by atoms with Crippen LogP contribution in [-0.2, 0) is 15.6 Å². The van der Waals surface area contributed by atoms with Gasteiger partial charge in [-0.25, -0.2) is 4.72 Å². The quantitative estimate of drug-likeness (QED) is 0.884. The van der Waals surface area contributed by atoms with Gasteiger partial charge in [0.25, 0.3) is 10.2 Å². The van der Waals surface area contributed by atoms with E-state index in [0.717, 1.165) is 29.3 Å². The van der Waals surface area contributed by atoms with Gasteiger partial charge in [-0.3, -0.25) is 0 Å². The Labute approximate surface area is 129 Å². The number of aromatic nitrogens is 1. The highest BCUT2D eigenvalue weighted by atomic mass is 35.5. The van der Waals surface area contributed by atoms with E-state index in [1.807, 2.05) is 24.4 Å². The smallest absolute Gasteiger partial charge is 0.278 e. The monoisotopic (exact) mass is 327 g/mol. The molecule has 0 spiro atoms. The zero-order valence-corrected chi connectivity index (χ0v) is 13.6. The molecule has 1 aromatic carbocycles. The lowest BCUT2D eigenvalue weighted by molar-refractivity contribution is 0.498. The predicted octanol–water partition coefficient (Wildman–Crippen LogP) is 2.25. The molecule has 0 amide bonds. The van der Waals surface area contributed by atoms with E-state index in [0.29, 0.717) is 11.6 Å². The minimum Gasteiger partial charge on any atom is -0.361 e. The highest BCUT2D eigenvalue weighted by molar-refractivity contribution is 7.87. The van der Waals surface area contributed by atoms with Crippen molar-refractivity contribution in [3.63, 3.8) is 0 Å². The van der Waals surface area contributed by atoms with Gasteiger partial charge in [0.2, 0.25) is 0 Å². The molecule has 1 heterocycles. The third kappa shape index (κ3) is 2.68. The number of nitrogens with zero attached hydrogens (tertiary/aromatic N) is 1. The SMILES string of the molecule is CN(C)S(=O)(=O)NCC1(c2c[nH]c3ccc(Cl)cc23)CC1. The number of H-pyrrole nitrogens is 1. The maximum Gasteiger partial charge on any atom is 0.278 e. The molecule has 5 nitrogen and oxygen atoms in total. The lowest BCUT2D eigenvalue weighted by Gasteiger charge is -2.18. The predicted molar refractivity (Wildman–Crippen MR) is 84.8 cm³/mol. The van der Waals surface area contributed by atoms with Crippen LogP contribution in [0.5, 0.6) is 0 Å². The van der Waals surface area contributed by atoms with Gasteiger partial charge < -0.3 is 4.98 Å². The van der Waals surface area contributed by atoms with Gasteiger partial charge in [-0.05, 0) is 36.6 Å². The summed E-state index contributed by atoms with van der Waals surface area (Å²) in [6.45, 7) is 0.410. The van der Waals surface area contributed by atoms with E-state index in [2.05, 4.69) is 9.71 Å². The number of fused-ring (bicyclic) bond motifs is 1. The molecule has 2 N–H and O–H groups in total. The molecule has 0 bridgehead atoms. The molecular weight excluding hydrogens is 310 g/mol. The maximum atomic E-state index is 11.9.